The largest absolute Gasteiger partial charge is 0.497 e. The van der Waals surface area contributed by atoms with E-state index in [2.05, 4.69) is 5.32 Å². The van der Waals surface area contributed by atoms with Gasteiger partial charge in [-0.25, -0.2) is 8.42 Å². The molecule has 0 spiro atoms. The van der Waals surface area contributed by atoms with Gasteiger partial charge in [0.05, 0.1) is 18.6 Å². The number of hydrogen-bond donors (Lipinski definition) is 1. The van der Waals surface area contributed by atoms with E-state index in [1.165, 1.54) is 11.4 Å². The van der Waals surface area contributed by atoms with Gasteiger partial charge in [0.25, 0.3) is 5.91 Å². The molecule has 1 amide bonds. The molecule has 0 aliphatic heterocycles. The van der Waals surface area contributed by atoms with Crippen molar-refractivity contribution in [3.05, 3.63) is 60.2 Å². The molecule has 2 aromatic rings. The Labute approximate surface area is 142 Å². The van der Waals surface area contributed by atoms with Crippen LogP contribution in [0.5, 0.6) is 5.75 Å². The summed E-state index contributed by atoms with van der Waals surface area (Å²) in [5, 5.41) is 2.61. The third-order valence-electron chi connectivity index (χ3n) is 3.53. The number of nitrogens with zero attached hydrogens (tertiary/aromatic N) is 1. The highest BCUT2D eigenvalue weighted by Gasteiger charge is 2.18. The summed E-state index contributed by atoms with van der Waals surface area (Å²) in [6, 6.07) is 15.4. The number of nitrogens with one attached hydrogen (secondary N) is 1. The molecule has 0 atom stereocenters. The van der Waals surface area contributed by atoms with Gasteiger partial charge in [-0.05, 0) is 36.4 Å². The van der Waals surface area contributed by atoms with Gasteiger partial charge in [0.1, 0.15) is 5.75 Å². The molecular formula is C17H20N2O4S. The molecule has 0 bridgehead atoms. The lowest BCUT2D eigenvalue weighted by atomic mass is 10.2. The number of rotatable bonds is 7. The van der Waals surface area contributed by atoms with Crippen molar-refractivity contribution in [1.82, 2.24) is 5.32 Å². The molecule has 0 aromatic heterocycles. The standard InChI is InChI=1S/C17H20N2O4S/c1-19(15-6-4-3-5-7-15)24(21,22)13-12-18-17(20)14-8-10-16(23-2)11-9-14/h3-11H,12-13H2,1-2H3,(H,18,20). The van der Waals surface area contributed by atoms with E-state index in [-0.39, 0.29) is 18.2 Å². The monoisotopic (exact) mass is 348 g/mol. The fraction of sp³-hybridized carbons (Fsp3) is 0.235. The van der Waals surface area contributed by atoms with Gasteiger partial charge in [0, 0.05) is 19.2 Å². The van der Waals surface area contributed by atoms with Gasteiger partial charge < -0.3 is 10.1 Å². The van der Waals surface area contributed by atoms with Crippen LogP contribution in [0.1, 0.15) is 10.4 Å². The van der Waals surface area contributed by atoms with E-state index in [9.17, 15) is 13.2 Å². The Kier molecular flexibility index (Phi) is 5.81. The highest BCUT2D eigenvalue weighted by molar-refractivity contribution is 7.92. The van der Waals surface area contributed by atoms with Crippen molar-refractivity contribution in [3.63, 3.8) is 0 Å². The van der Waals surface area contributed by atoms with E-state index < -0.39 is 10.0 Å². The number of benzene rings is 2. The molecule has 6 nitrogen and oxygen atoms in total. The van der Waals surface area contributed by atoms with E-state index in [0.717, 1.165) is 0 Å². The highest BCUT2D eigenvalue weighted by Crippen LogP contribution is 2.15. The third-order valence-corrected chi connectivity index (χ3v) is 5.30. The maximum atomic E-state index is 12.3. The molecule has 7 heteroatoms. The Morgan fingerprint density at radius 2 is 1.71 bits per heavy atom. The fourth-order valence-electron chi connectivity index (χ4n) is 2.07. The lowest BCUT2D eigenvalue weighted by molar-refractivity contribution is 0.0956. The van der Waals surface area contributed by atoms with E-state index in [4.69, 9.17) is 4.74 Å². The number of anilines is 1. The lowest BCUT2D eigenvalue weighted by Crippen LogP contribution is -2.35. The van der Waals surface area contributed by atoms with Crippen molar-refractivity contribution in [3.8, 4) is 5.75 Å². The van der Waals surface area contributed by atoms with Crippen LogP contribution in [0.2, 0.25) is 0 Å². The first-order chi connectivity index (χ1) is 11.4. The summed E-state index contributed by atoms with van der Waals surface area (Å²) in [5.74, 6) is 0.147. The van der Waals surface area contributed by atoms with Gasteiger partial charge >= 0.3 is 0 Å². The van der Waals surface area contributed by atoms with Crippen molar-refractivity contribution in [2.75, 3.05) is 30.8 Å². The van der Waals surface area contributed by atoms with Gasteiger partial charge in [-0.3, -0.25) is 9.10 Å². The van der Waals surface area contributed by atoms with E-state index in [0.29, 0.717) is 17.0 Å². The summed E-state index contributed by atoms with van der Waals surface area (Å²) >= 11 is 0. The number of ether oxygens (including phenoxy) is 1. The molecule has 24 heavy (non-hydrogen) atoms. The molecule has 128 valence electrons. The zero-order valence-corrected chi connectivity index (χ0v) is 14.4. The third kappa shape index (κ3) is 4.48. The maximum absolute atomic E-state index is 12.3. The van der Waals surface area contributed by atoms with Crippen LogP contribution < -0.4 is 14.4 Å². The fourth-order valence-corrected chi connectivity index (χ4v) is 3.15. The van der Waals surface area contributed by atoms with Gasteiger partial charge in [-0.1, -0.05) is 18.2 Å². The second-order valence-electron chi connectivity index (χ2n) is 5.10. The lowest BCUT2D eigenvalue weighted by Gasteiger charge is -2.19. The van der Waals surface area contributed by atoms with Crippen LogP contribution >= 0.6 is 0 Å². The van der Waals surface area contributed by atoms with E-state index >= 15 is 0 Å². The van der Waals surface area contributed by atoms with Gasteiger partial charge in [-0.15, -0.1) is 0 Å². The summed E-state index contributed by atoms with van der Waals surface area (Å²) in [6.45, 7) is 0.0321. The SMILES string of the molecule is COc1ccc(C(=O)NCCS(=O)(=O)N(C)c2ccccc2)cc1. The van der Waals surface area contributed by atoms with Crippen LogP contribution in [0.25, 0.3) is 0 Å². The van der Waals surface area contributed by atoms with Crippen LogP contribution in [-0.4, -0.2) is 40.8 Å². The molecule has 0 fully saturated rings. The Balaban J connectivity index is 1.91. The molecule has 0 unspecified atom stereocenters. The molecule has 0 radical (unpaired) electrons. The number of carbonyl (C=O) groups excluding carboxylic acids is 1. The second kappa shape index (κ2) is 7.83. The Bertz CT molecular complexity index is 774. The van der Waals surface area contributed by atoms with Crippen molar-refractivity contribution in [2.24, 2.45) is 0 Å². The molecule has 0 heterocycles. The van der Waals surface area contributed by atoms with Crippen molar-refractivity contribution < 1.29 is 17.9 Å². The average molecular weight is 348 g/mol. The number of amides is 1. The van der Waals surface area contributed by atoms with Crippen LogP contribution in [0, 0.1) is 0 Å². The van der Waals surface area contributed by atoms with Crippen LogP contribution in [0.15, 0.2) is 54.6 Å². The number of methoxy groups -OCH3 is 1. The maximum Gasteiger partial charge on any atom is 0.251 e. The molecule has 0 saturated carbocycles. The zero-order chi connectivity index (χ0) is 17.6. The van der Waals surface area contributed by atoms with Crippen LogP contribution in [0.3, 0.4) is 0 Å². The van der Waals surface area contributed by atoms with Crippen LogP contribution in [0.4, 0.5) is 5.69 Å². The molecule has 0 aliphatic rings. The minimum absolute atomic E-state index is 0.0321. The molecule has 2 aromatic carbocycles. The first-order valence-electron chi connectivity index (χ1n) is 7.38. The van der Waals surface area contributed by atoms with E-state index in [1.54, 1.807) is 55.6 Å². The van der Waals surface area contributed by atoms with Gasteiger partial charge in [0.2, 0.25) is 10.0 Å². The predicted molar refractivity (Wildman–Crippen MR) is 94.0 cm³/mol. The Morgan fingerprint density at radius 3 is 2.29 bits per heavy atom. The first-order valence-corrected chi connectivity index (χ1v) is 8.99. The second-order valence-corrected chi connectivity index (χ2v) is 7.22. The predicted octanol–water partition coefficient (Wildman–Crippen LogP) is 1.89. The molecule has 2 rings (SSSR count). The minimum Gasteiger partial charge on any atom is -0.497 e. The Hall–Kier alpha value is -2.54. The minimum atomic E-state index is -3.50. The first kappa shape index (κ1) is 17.8. The smallest absolute Gasteiger partial charge is 0.251 e. The quantitative estimate of drug-likeness (QED) is 0.829. The number of sulfonamides is 1. The normalized spacial score (nSPS) is 10.9. The van der Waals surface area contributed by atoms with Gasteiger partial charge in [-0.2, -0.15) is 0 Å². The van der Waals surface area contributed by atoms with E-state index in [1.807, 2.05) is 6.07 Å². The molecular weight excluding hydrogens is 328 g/mol. The summed E-state index contributed by atoms with van der Waals surface area (Å²) < 4.78 is 30.8. The van der Waals surface area contributed by atoms with Crippen molar-refractivity contribution >= 4 is 21.6 Å². The topological polar surface area (TPSA) is 75.7 Å². The van der Waals surface area contributed by atoms with Gasteiger partial charge in [0.15, 0.2) is 0 Å². The average Bonchev–Trinajstić information content (AvgIpc) is 2.61. The summed E-state index contributed by atoms with van der Waals surface area (Å²) in [4.78, 5) is 12.0. The molecule has 0 saturated heterocycles. The van der Waals surface area contributed by atoms with Crippen molar-refractivity contribution in [2.45, 2.75) is 0 Å². The summed E-state index contributed by atoms with van der Waals surface area (Å²) in [7, 11) is -0.462. The highest BCUT2D eigenvalue weighted by atomic mass is 32.2. The Morgan fingerprint density at radius 1 is 1.08 bits per heavy atom. The molecule has 0 aliphatic carbocycles. The number of hydrogen-bond acceptors (Lipinski definition) is 4. The number of carbonyl (C=O) groups is 1. The number of para-hydroxylation sites is 1. The summed E-state index contributed by atoms with van der Waals surface area (Å²) in [6.07, 6.45) is 0. The van der Waals surface area contributed by atoms with Crippen LogP contribution in [-0.2, 0) is 10.0 Å². The molecule has 1 N–H and O–H groups in total. The van der Waals surface area contributed by atoms with Crippen molar-refractivity contribution in [1.29, 1.82) is 0 Å². The zero-order valence-electron chi connectivity index (χ0n) is 13.6. The summed E-state index contributed by atoms with van der Waals surface area (Å²) in [5.41, 5.74) is 1.03.